The molecule has 0 aliphatic carbocycles. The van der Waals surface area contributed by atoms with E-state index in [1.54, 1.807) is 30.3 Å². The van der Waals surface area contributed by atoms with Gasteiger partial charge in [-0.05, 0) is 74.3 Å². The molecule has 7 nitrogen and oxygen atoms in total. The Morgan fingerprint density at radius 3 is 2.47 bits per heavy atom. The van der Waals surface area contributed by atoms with E-state index in [2.05, 4.69) is 5.32 Å². The summed E-state index contributed by atoms with van der Waals surface area (Å²) >= 11 is 0. The van der Waals surface area contributed by atoms with Crippen molar-refractivity contribution >= 4 is 23.2 Å². The second kappa shape index (κ2) is 11.5. The van der Waals surface area contributed by atoms with Crippen LogP contribution < -0.4 is 10.2 Å². The maximum absolute atomic E-state index is 13.6. The molecule has 0 bridgehead atoms. The van der Waals surface area contributed by atoms with E-state index in [1.807, 2.05) is 66.2 Å². The lowest BCUT2D eigenvalue weighted by Gasteiger charge is -2.30. The van der Waals surface area contributed by atoms with Crippen LogP contribution >= 0.6 is 0 Å². The fourth-order valence-electron chi connectivity index (χ4n) is 4.80. The molecule has 2 amide bonds. The summed E-state index contributed by atoms with van der Waals surface area (Å²) in [4.78, 5) is 30.0. The summed E-state index contributed by atoms with van der Waals surface area (Å²) in [5.41, 5.74) is 4.56. The minimum absolute atomic E-state index is 0.0271. The highest BCUT2D eigenvalue weighted by molar-refractivity contribution is 6.08. The molecular weight excluding hydrogens is 454 g/mol. The molecule has 0 fully saturated rings. The second-order valence-electron chi connectivity index (χ2n) is 9.30. The predicted octanol–water partition coefficient (Wildman–Crippen LogP) is 4.01. The number of hydrogen-bond acceptors (Lipinski definition) is 5. The normalized spacial score (nSPS) is 16.2. The Kier molecular flexibility index (Phi) is 8.15. The summed E-state index contributed by atoms with van der Waals surface area (Å²) in [5, 5.41) is 22.1. The Balaban J connectivity index is 1.52. The number of amides is 2. The van der Waals surface area contributed by atoms with E-state index in [1.165, 1.54) is 0 Å². The summed E-state index contributed by atoms with van der Waals surface area (Å²) in [6, 6.07) is 22.3. The van der Waals surface area contributed by atoms with Crippen LogP contribution in [0.2, 0.25) is 0 Å². The third-order valence-electron chi connectivity index (χ3n) is 6.71. The average molecular weight is 488 g/mol. The fraction of sp³-hybridized carbons (Fsp3) is 0.310. The fourth-order valence-corrected chi connectivity index (χ4v) is 4.80. The van der Waals surface area contributed by atoms with Crippen LogP contribution in [0.15, 0.2) is 72.8 Å². The SMILES string of the molecule is Cc1ccccc1C(=O)Nc1ccc(C(=O)N2CCCC(N(C)CC(O)CO)c3ccccc32)cc1. The number of benzene rings is 3. The third kappa shape index (κ3) is 5.65. The smallest absolute Gasteiger partial charge is 0.258 e. The maximum atomic E-state index is 13.6. The van der Waals surface area contributed by atoms with Gasteiger partial charge in [0.1, 0.15) is 0 Å². The van der Waals surface area contributed by atoms with Crippen molar-refractivity contribution in [3.8, 4) is 0 Å². The van der Waals surface area contributed by atoms with Crippen molar-refractivity contribution in [2.75, 3.05) is 37.0 Å². The van der Waals surface area contributed by atoms with Gasteiger partial charge < -0.3 is 20.4 Å². The lowest BCUT2D eigenvalue weighted by molar-refractivity contribution is 0.0530. The van der Waals surface area contributed by atoms with Gasteiger partial charge in [-0.25, -0.2) is 0 Å². The summed E-state index contributed by atoms with van der Waals surface area (Å²) in [6.45, 7) is 2.53. The van der Waals surface area contributed by atoms with E-state index in [-0.39, 0.29) is 24.5 Å². The first-order valence-corrected chi connectivity index (χ1v) is 12.3. The van der Waals surface area contributed by atoms with E-state index in [0.717, 1.165) is 29.7 Å². The number of likely N-dealkylation sites (N-methyl/N-ethyl adjacent to an activating group) is 1. The van der Waals surface area contributed by atoms with Crippen LogP contribution in [0.3, 0.4) is 0 Å². The Labute approximate surface area is 212 Å². The molecule has 2 unspecified atom stereocenters. The number of aliphatic hydroxyl groups excluding tert-OH is 2. The predicted molar refractivity (Wildman–Crippen MR) is 141 cm³/mol. The number of nitrogens with one attached hydrogen (secondary N) is 1. The van der Waals surface area contributed by atoms with Gasteiger partial charge in [0.2, 0.25) is 0 Å². The van der Waals surface area contributed by atoms with Crippen molar-refractivity contribution in [2.24, 2.45) is 0 Å². The number of aryl methyl sites for hydroxylation is 1. The van der Waals surface area contributed by atoms with Crippen molar-refractivity contribution in [2.45, 2.75) is 31.9 Å². The lowest BCUT2D eigenvalue weighted by atomic mass is 10.00. The number of rotatable bonds is 7. The number of aliphatic hydroxyl groups is 2. The van der Waals surface area contributed by atoms with E-state index in [0.29, 0.717) is 29.9 Å². The van der Waals surface area contributed by atoms with Crippen LogP contribution in [0.5, 0.6) is 0 Å². The summed E-state index contributed by atoms with van der Waals surface area (Å²) in [7, 11) is 1.93. The number of hydrogen-bond donors (Lipinski definition) is 3. The molecule has 2 atom stereocenters. The lowest BCUT2D eigenvalue weighted by Crippen LogP contribution is -2.34. The van der Waals surface area contributed by atoms with Gasteiger partial charge in [0, 0.05) is 41.6 Å². The number of para-hydroxylation sites is 1. The molecule has 3 aromatic carbocycles. The Morgan fingerprint density at radius 2 is 1.75 bits per heavy atom. The Morgan fingerprint density at radius 1 is 1.06 bits per heavy atom. The van der Waals surface area contributed by atoms with Crippen molar-refractivity contribution in [3.63, 3.8) is 0 Å². The molecule has 1 heterocycles. The number of anilines is 2. The summed E-state index contributed by atoms with van der Waals surface area (Å²) in [5.74, 6) is -0.284. The van der Waals surface area contributed by atoms with Crippen molar-refractivity contribution in [1.82, 2.24) is 4.90 Å². The van der Waals surface area contributed by atoms with Crippen LogP contribution in [-0.2, 0) is 0 Å². The molecule has 3 aromatic rings. The van der Waals surface area contributed by atoms with Gasteiger partial charge in [-0.3, -0.25) is 14.5 Å². The van der Waals surface area contributed by atoms with Crippen molar-refractivity contribution in [3.05, 3.63) is 95.1 Å². The minimum Gasteiger partial charge on any atom is -0.394 e. The monoisotopic (exact) mass is 487 g/mol. The quantitative estimate of drug-likeness (QED) is 0.468. The molecule has 1 aliphatic heterocycles. The molecule has 1 aliphatic rings. The first-order valence-electron chi connectivity index (χ1n) is 12.3. The van der Waals surface area contributed by atoms with Crippen LogP contribution in [0.1, 0.15) is 50.7 Å². The molecule has 188 valence electrons. The number of carbonyl (C=O) groups is 2. The molecule has 3 N–H and O–H groups in total. The van der Waals surface area contributed by atoms with E-state index in [9.17, 15) is 19.8 Å². The van der Waals surface area contributed by atoms with Gasteiger partial charge in [-0.1, -0.05) is 36.4 Å². The van der Waals surface area contributed by atoms with Crippen LogP contribution in [0.4, 0.5) is 11.4 Å². The standard InChI is InChI=1S/C29H33N3O4/c1-20-8-3-4-9-24(20)28(35)30-22-15-13-21(14-16-22)29(36)32-17-7-12-26(31(2)18-23(34)19-33)25-10-5-6-11-27(25)32/h3-6,8-11,13-16,23,26,33-34H,7,12,17-19H2,1-2H3,(H,30,35). The first kappa shape index (κ1) is 25.6. The zero-order valence-corrected chi connectivity index (χ0v) is 20.7. The summed E-state index contributed by atoms with van der Waals surface area (Å²) < 4.78 is 0. The van der Waals surface area contributed by atoms with E-state index in [4.69, 9.17) is 0 Å². The highest BCUT2D eigenvalue weighted by atomic mass is 16.3. The molecule has 0 aromatic heterocycles. The summed E-state index contributed by atoms with van der Waals surface area (Å²) in [6.07, 6.45) is 0.821. The number of carbonyl (C=O) groups excluding carboxylic acids is 2. The zero-order valence-electron chi connectivity index (χ0n) is 20.7. The molecule has 0 spiro atoms. The second-order valence-corrected chi connectivity index (χ2v) is 9.30. The molecular formula is C29H33N3O4. The van der Waals surface area contributed by atoms with Gasteiger partial charge in [0.05, 0.1) is 12.7 Å². The van der Waals surface area contributed by atoms with Gasteiger partial charge in [-0.15, -0.1) is 0 Å². The van der Waals surface area contributed by atoms with Crippen LogP contribution in [0, 0.1) is 6.92 Å². The topological polar surface area (TPSA) is 93.1 Å². The van der Waals surface area contributed by atoms with E-state index < -0.39 is 6.10 Å². The van der Waals surface area contributed by atoms with Gasteiger partial charge in [0.15, 0.2) is 0 Å². The van der Waals surface area contributed by atoms with Gasteiger partial charge in [0.25, 0.3) is 11.8 Å². The first-order chi connectivity index (χ1) is 17.4. The molecule has 0 radical (unpaired) electrons. The van der Waals surface area contributed by atoms with Crippen LogP contribution in [-0.4, -0.2) is 59.8 Å². The maximum Gasteiger partial charge on any atom is 0.258 e. The van der Waals surface area contributed by atoms with Gasteiger partial charge in [-0.2, -0.15) is 0 Å². The number of fused-ring (bicyclic) bond motifs is 1. The highest BCUT2D eigenvalue weighted by Crippen LogP contribution is 2.36. The molecule has 0 saturated carbocycles. The minimum atomic E-state index is -0.812. The van der Waals surface area contributed by atoms with Crippen molar-refractivity contribution in [1.29, 1.82) is 0 Å². The van der Waals surface area contributed by atoms with Crippen molar-refractivity contribution < 1.29 is 19.8 Å². The van der Waals surface area contributed by atoms with Gasteiger partial charge >= 0.3 is 0 Å². The Bertz CT molecular complexity index is 1210. The zero-order chi connectivity index (χ0) is 25.7. The molecule has 36 heavy (non-hydrogen) atoms. The van der Waals surface area contributed by atoms with Crippen LogP contribution in [0.25, 0.3) is 0 Å². The Hall–Kier alpha value is -3.52. The third-order valence-corrected chi connectivity index (χ3v) is 6.71. The largest absolute Gasteiger partial charge is 0.394 e. The molecule has 7 heteroatoms. The highest BCUT2D eigenvalue weighted by Gasteiger charge is 2.29. The number of nitrogens with zero attached hydrogens (tertiary/aromatic N) is 2. The average Bonchev–Trinajstić information content (AvgIpc) is 3.09. The molecule has 0 saturated heterocycles. The molecule has 4 rings (SSSR count). The van der Waals surface area contributed by atoms with E-state index >= 15 is 0 Å².